The third kappa shape index (κ3) is 21.3. The van der Waals surface area contributed by atoms with Crippen molar-refractivity contribution >= 4 is 5.97 Å². The Kier molecular flexibility index (Phi) is 19.2. The van der Waals surface area contributed by atoms with Gasteiger partial charge in [0.25, 0.3) is 0 Å². The van der Waals surface area contributed by atoms with Gasteiger partial charge < -0.3 is 18.9 Å². The molecule has 0 bridgehead atoms. The molecular weight excluding hydrogens is 320 g/mol. The summed E-state index contributed by atoms with van der Waals surface area (Å²) in [7, 11) is 0. The SMILES string of the molecule is CCCCCCCCOCCOCCOCCCC(=O)OCC(C)C. The number of carbonyl (C=O) groups excluding carboxylic acids is 1. The van der Waals surface area contributed by atoms with Crippen LogP contribution in [-0.2, 0) is 23.7 Å². The molecule has 0 aliphatic heterocycles. The predicted molar refractivity (Wildman–Crippen MR) is 101 cm³/mol. The molecule has 0 heterocycles. The van der Waals surface area contributed by atoms with Gasteiger partial charge in [-0.05, 0) is 18.8 Å². The van der Waals surface area contributed by atoms with E-state index < -0.39 is 0 Å². The van der Waals surface area contributed by atoms with Gasteiger partial charge in [-0.3, -0.25) is 4.79 Å². The number of carbonyl (C=O) groups is 1. The number of ether oxygens (including phenoxy) is 4. The molecular formula is C20H40O5. The molecule has 0 saturated carbocycles. The van der Waals surface area contributed by atoms with Gasteiger partial charge in [0, 0.05) is 19.6 Å². The molecule has 0 radical (unpaired) electrons. The lowest BCUT2D eigenvalue weighted by Gasteiger charge is -2.08. The molecule has 0 saturated heterocycles. The van der Waals surface area contributed by atoms with E-state index in [4.69, 9.17) is 18.9 Å². The van der Waals surface area contributed by atoms with Gasteiger partial charge in [0.05, 0.1) is 33.0 Å². The van der Waals surface area contributed by atoms with Crippen molar-refractivity contribution in [3.8, 4) is 0 Å². The average Bonchev–Trinajstić information content (AvgIpc) is 2.59. The maximum atomic E-state index is 11.4. The molecule has 0 unspecified atom stereocenters. The summed E-state index contributed by atoms with van der Waals surface area (Å²) in [5.41, 5.74) is 0. The highest BCUT2D eigenvalue weighted by atomic mass is 16.5. The van der Waals surface area contributed by atoms with Gasteiger partial charge in [-0.15, -0.1) is 0 Å². The van der Waals surface area contributed by atoms with Crippen molar-refractivity contribution in [1.29, 1.82) is 0 Å². The molecule has 0 aromatic rings. The second-order valence-corrected chi connectivity index (χ2v) is 6.79. The lowest BCUT2D eigenvalue weighted by atomic mass is 10.1. The van der Waals surface area contributed by atoms with Crippen LogP contribution in [0.1, 0.15) is 72.1 Å². The summed E-state index contributed by atoms with van der Waals surface area (Å²) in [5.74, 6) is 0.239. The molecule has 0 aliphatic carbocycles. The van der Waals surface area contributed by atoms with Crippen molar-refractivity contribution in [2.75, 3.05) is 46.2 Å². The summed E-state index contributed by atoms with van der Waals surface area (Å²) >= 11 is 0. The topological polar surface area (TPSA) is 54.0 Å². The second-order valence-electron chi connectivity index (χ2n) is 6.79. The summed E-state index contributed by atoms with van der Waals surface area (Å²) < 4.78 is 21.5. The van der Waals surface area contributed by atoms with E-state index in [0.29, 0.717) is 58.4 Å². The Morgan fingerprint density at radius 2 is 1.24 bits per heavy atom. The Balaban J connectivity index is 3.08. The van der Waals surface area contributed by atoms with Crippen molar-refractivity contribution in [3.63, 3.8) is 0 Å². The summed E-state index contributed by atoms with van der Waals surface area (Å²) in [4.78, 5) is 11.4. The summed E-state index contributed by atoms with van der Waals surface area (Å²) in [6.07, 6.45) is 8.82. The van der Waals surface area contributed by atoms with E-state index in [0.717, 1.165) is 13.0 Å². The molecule has 0 fully saturated rings. The van der Waals surface area contributed by atoms with E-state index in [1.165, 1.54) is 32.1 Å². The normalized spacial score (nSPS) is 11.2. The zero-order chi connectivity index (χ0) is 18.6. The van der Waals surface area contributed by atoms with E-state index in [-0.39, 0.29) is 5.97 Å². The molecule has 0 atom stereocenters. The lowest BCUT2D eigenvalue weighted by molar-refractivity contribution is -0.145. The summed E-state index contributed by atoms with van der Waals surface area (Å²) in [6.45, 7) is 10.6. The molecule has 5 heteroatoms. The number of rotatable bonds is 19. The van der Waals surface area contributed by atoms with E-state index in [1.807, 2.05) is 13.8 Å². The van der Waals surface area contributed by atoms with Crippen LogP contribution in [0.3, 0.4) is 0 Å². The van der Waals surface area contributed by atoms with Crippen molar-refractivity contribution in [1.82, 2.24) is 0 Å². The van der Waals surface area contributed by atoms with Gasteiger partial charge in [-0.2, -0.15) is 0 Å². The molecule has 0 rings (SSSR count). The average molecular weight is 361 g/mol. The van der Waals surface area contributed by atoms with Crippen LogP contribution in [0.15, 0.2) is 0 Å². The van der Waals surface area contributed by atoms with Gasteiger partial charge >= 0.3 is 5.97 Å². The minimum Gasteiger partial charge on any atom is -0.465 e. The van der Waals surface area contributed by atoms with E-state index >= 15 is 0 Å². The first-order valence-corrected chi connectivity index (χ1v) is 10.1. The lowest BCUT2D eigenvalue weighted by Crippen LogP contribution is -2.12. The van der Waals surface area contributed by atoms with Gasteiger partial charge in [0.1, 0.15) is 0 Å². The largest absolute Gasteiger partial charge is 0.465 e. The molecule has 0 spiro atoms. The van der Waals surface area contributed by atoms with Crippen LogP contribution in [0.5, 0.6) is 0 Å². The van der Waals surface area contributed by atoms with Gasteiger partial charge in [-0.1, -0.05) is 52.9 Å². The molecule has 0 aliphatic rings. The van der Waals surface area contributed by atoms with Crippen LogP contribution >= 0.6 is 0 Å². The second kappa shape index (κ2) is 19.7. The molecule has 150 valence electrons. The van der Waals surface area contributed by atoms with Crippen molar-refractivity contribution in [2.45, 2.75) is 72.1 Å². The highest BCUT2D eigenvalue weighted by Crippen LogP contribution is 2.04. The monoisotopic (exact) mass is 360 g/mol. The molecule has 0 amide bonds. The van der Waals surface area contributed by atoms with E-state index in [9.17, 15) is 4.79 Å². The third-order valence-electron chi connectivity index (χ3n) is 3.63. The van der Waals surface area contributed by atoms with Gasteiger partial charge in [0.15, 0.2) is 0 Å². The van der Waals surface area contributed by atoms with Crippen LogP contribution in [0.4, 0.5) is 0 Å². The standard InChI is InChI=1S/C20H40O5/c1-4-5-6-7-8-9-12-22-14-16-24-17-15-23-13-10-11-20(21)25-18-19(2)3/h19H,4-18H2,1-3H3. The Hall–Kier alpha value is -0.650. The maximum absolute atomic E-state index is 11.4. The predicted octanol–water partition coefficient (Wildman–Crippen LogP) is 4.38. The molecule has 25 heavy (non-hydrogen) atoms. The number of hydrogen-bond acceptors (Lipinski definition) is 5. The summed E-state index contributed by atoms with van der Waals surface area (Å²) in [5, 5.41) is 0. The molecule has 0 aromatic heterocycles. The van der Waals surface area contributed by atoms with Crippen molar-refractivity contribution < 1.29 is 23.7 Å². The van der Waals surface area contributed by atoms with Crippen molar-refractivity contribution in [3.05, 3.63) is 0 Å². The maximum Gasteiger partial charge on any atom is 0.305 e. The van der Waals surface area contributed by atoms with Crippen LogP contribution in [0.2, 0.25) is 0 Å². The fraction of sp³-hybridized carbons (Fsp3) is 0.950. The van der Waals surface area contributed by atoms with Crippen LogP contribution in [0.25, 0.3) is 0 Å². The highest BCUT2D eigenvalue weighted by molar-refractivity contribution is 5.69. The minimum atomic E-state index is -0.143. The summed E-state index contributed by atoms with van der Waals surface area (Å²) in [6, 6.07) is 0. The minimum absolute atomic E-state index is 0.143. The Bertz CT molecular complexity index is 281. The first kappa shape index (κ1) is 24.4. The fourth-order valence-corrected chi connectivity index (χ4v) is 2.18. The molecule has 5 nitrogen and oxygen atoms in total. The zero-order valence-electron chi connectivity index (χ0n) is 16.7. The Morgan fingerprint density at radius 3 is 1.84 bits per heavy atom. The van der Waals surface area contributed by atoms with Crippen molar-refractivity contribution in [2.24, 2.45) is 5.92 Å². The highest BCUT2D eigenvalue weighted by Gasteiger charge is 2.03. The fourth-order valence-electron chi connectivity index (χ4n) is 2.18. The van der Waals surface area contributed by atoms with E-state index in [2.05, 4.69) is 6.92 Å². The Labute approximate surface area is 154 Å². The number of esters is 1. The van der Waals surface area contributed by atoms with Gasteiger partial charge in [0.2, 0.25) is 0 Å². The molecule has 0 N–H and O–H groups in total. The third-order valence-corrected chi connectivity index (χ3v) is 3.63. The van der Waals surface area contributed by atoms with Gasteiger partial charge in [-0.25, -0.2) is 0 Å². The quantitative estimate of drug-likeness (QED) is 0.253. The first-order valence-electron chi connectivity index (χ1n) is 10.1. The van der Waals surface area contributed by atoms with Crippen LogP contribution in [-0.4, -0.2) is 52.2 Å². The van der Waals surface area contributed by atoms with Crippen LogP contribution < -0.4 is 0 Å². The smallest absolute Gasteiger partial charge is 0.305 e. The Morgan fingerprint density at radius 1 is 0.720 bits per heavy atom. The molecule has 0 aromatic carbocycles. The first-order chi connectivity index (χ1) is 12.2. The number of hydrogen-bond donors (Lipinski definition) is 0. The zero-order valence-corrected chi connectivity index (χ0v) is 16.7. The number of unbranched alkanes of at least 4 members (excludes halogenated alkanes) is 5. The van der Waals surface area contributed by atoms with E-state index in [1.54, 1.807) is 0 Å². The van der Waals surface area contributed by atoms with Crippen LogP contribution in [0, 0.1) is 5.92 Å².